The summed E-state index contributed by atoms with van der Waals surface area (Å²) in [5, 5.41) is 2.14. The van der Waals surface area contributed by atoms with Crippen LogP contribution in [0.25, 0.3) is 0 Å². The van der Waals surface area contributed by atoms with Gasteiger partial charge in [0.25, 0.3) is 5.91 Å². The van der Waals surface area contributed by atoms with Crippen molar-refractivity contribution in [3.63, 3.8) is 0 Å². The van der Waals surface area contributed by atoms with Crippen molar-refractivity contribution in [1.82, 2.24) is 4.90 Å². The Morgan fingerprint density at radius 2 is 1.85 bits per heavy atom. The molecule has 2 aromatic rings. The zero-order valence-electron chi connectivity index (χ0n) is 11.7. The fourth-order valence-electron chi connectivity index (χ4n) is 2.77. The fourth-order valence-corrected chi connectivity index (χ4v) is 3.67. The van der Waals surface area contributed by atoms with E-state index >= 15 is 0 Å². The molecule has 1 saturated heterocycles. The van der Waals surface area contributed by atoms with Crippen molar-refractivity contribution in [2.75, 3.05) is 13.1 Å². The number of hydrogen-bond acceptors (Lipinski definition) is 2. The van der Waals surface area contributed by atoms with Gasteiger partial charge >= 0.3 is 0 Å². The van der Waals surface area contributed by atoms with Gasteiger partial charge in [0.05, 0.1) is 0 Å². The van der Waals surface area contributed by atoms with Crippen molar-refractivity contribution in [3.05, 3.63) is 57.8 Å². The third-order valence-electron chi connectivity index (χ3n) is 4.03. The second-order valence-corrected chi connectivity index (χ2v) is 6.43. The molecule has 1 aromatic heterocycles. The van der Waals surface area contributed by atoms with E-state index in [0.29, 0.717) is 5.92 Å². The average Bonchev–Trinajstić information content (AvgIpc) is 3.02. The van der Waals surface area contributed by atoms with Crippen LogP contribution < -0.4 is 0 Å². The number of nitrogens with zero attached hydrogens (tertiary/aromatic N) is 1. The predicted octanol–water partition coefficient (Wildman–Crippen LogP) is 4.08. The van der Waals surface area contributed by atoms with Gasteiger partial charge in [-0.1, -0.05) is 23.8 Å². The molecule has 0 aliphatic carbocycles. The van der Waals surface area contributed by atoms with Crippen molar-refractivity contribution < 1.29 is 4.79 Å². The van der Waals surface area contributed by atoms with Crippen LogP contribution in [0.4, 0.5) is 0 Å². The molecule has 0 bridgehead atoms. The summed E-state index contributed by atoms with van der Waals surface area (Å²) in [7, 11) is 0. The molecule has 1 fully saturated rings. The van der Waals surface area contributed by atoms with Crippen molar-refractivity contribution in [2.45, 2.75) is 25.7 Å². The molecule has 104 valence electrons. The second kappa shape index (κ2) is 5.80. The number of hydrogen-bond donors (Lipinski definition) is 0. The third kappa shape index (κ3) is 2.78. The summed E-state index contributed by atoms with van der Waals surface area (Å²) >= 11 is 1.83. The average molecular weight is 285 g/mol. The van der Waals surface area contributed by atoms with Gasteiger partial charge in [0, 0.05) is 23.5 Å². The molecule has 2 nitrogen and oxygen atoms in total. The Balaban J connectivity index is 1.63. The van der Waals surface area contributed by atoms with Gasteiger partial charge in [-0.25, -0.2) is 0 Å². The number of likely N-dealkylation sites (tertiary alicyclic amines) is 1. The van der Waals surface area contributed by atoms with E-state index in [0.717, 1.165) is 31.5 Å². The van der Waals surface area contributed by atoms with E-state index in [1.807, 2.05) is 47.4 Å². The molecule has 1 aliphatic heterocycles. The summed E-state index contributed by atoms with van der Waals surface area (Å²) < 4.78 is 0. The molecule has 0 spiro atoms. The van der Waals surface area contributed by atoms with Gasteiger partial charge in [0.2, 0.25) is 0 Å². The zero-order valence-corrected chi connectivity index (χ0v) is 12.5. The number of rotatable bonds is 2. The molecule has 0 atom stereocenters. The first-order chi connectivity index (χ1) is 9.74. The van der Waals surface area contributed by atoms with Gasteiger partial charge in [-0.15, -0.1) is 11.3 Å². The lowest BCUT2D eigenvalue weighted by Gasteiger charge is -2.31. The first kappa shape index (κ1) is 13.4. The first-order valence-corrected chi connectivity index (χ1v) is 8.01. The Kier molecular flexibility index (Phi) is 3.88. The summed E-state index contributed by atoms with van der Waals surface area (Å²) in [5.41, 5.74) is 2.00. The molecule has 1 amide bonds. The molecule has 1 aromatic carbocycles. The predicted molar refractivity (Wildman–Crippen MR) is 83.4 cm³/mol. The van der Waals surface area contributed by atoms with E-state index in [2.05, 4.69) is 17.5 Å². The van der Waals surface area contributed by atoms with Gasteiger partial charge in [-0.2, -0.15) is 0 Å². The van der Waals surface area contributed by atoms with Crippen molar-refractivity contribution >= 4 is 17.2 Å². The highest BCUT2D eigenvalue weighted by atomic mass is 32.1. The minimum absolute atomic E-state index is 0.176. The second-order valence-electron chi connectivity index (χ2n) is 5.45. The normalized spacial score (nSPS) is 16.4. The van der Waals surface area contributed by atoms with Gasteiger partial charge in [0.1, 0.15) is 0 Å². The number of carbonyl (C=O) groups excluding carboxylic acids is 1. The number of carbonyl (C=O) groups is 1. The Morgan fingerprint density at radius 3 is 2.45 bits per heavy atom. The van der Waals surface area contributed by atoms with Crippen molar-refractivity contribution in [1.29, 1.82) is 0 Å². The highest BCUT2D eigenvalue weighted by Gasteiger charge is 2.24. The van der Waals surface area contributed by atoms with Crippen LogP contribution in [0, 0.1) is 6.92 Å². The summed E-state index contributed by atoms with van der Waals surface area (Å²) in [6.45, 7) is 3.78. The standard InChI is InChI=1S/C17H19NOS/c1-13-4-6-15(7-5-13)17(19)18-10-8-14(9-11-18)16-3-2-12-20-16/h2-7,12,14H,8-11H2,1H3. The van der Waals surface area contributed by atoms with Crippen molar-refractivity contribution in [2.24, 2.45) is 0 Å². The summed E-state index contributed by atoms with van der Waals surface area (Å²) in [6.07, 6.45) is 2.16. The van der Waals surface area contributed by atoms with Crippen LogP contribution >= 0.6 is 11.3 Å². The maximum absolute atomic E-state index is 12.4. The van der Waals surface area contributed by atoms with E-state index < -0.39 is 0 Å². The molecule has 0 N–H and O–H groups in total. The fraction of sp³-hybridized carbons (Fsp3) is 0.353. The lowest BCUT2D eigenvalue weighted by Crippen LogP contribution is -2.37. The van der Waals surface area contributed by atoms with E-state index in [4.69, 9.17) is 0 Å². The highest BCUT2D eigenvalue weighted by molar-refractivity contribution is 7.10. The number of benzene rings is 1. The summed E-state index contributed by atoms with van der Waals surface area (Å²) in [6, 6.07) is 12.2. The van der Waals surface area contributed by atoms with E-state index in [1.54, 1.807) is 0 Å². The lowest BCUT2D eigenvalue weighted by atomic mass is 9.95. The van der Waals surface area contributed by atoms with Gasteiger partial charge < -0.3 is 4.90 Å². The topological polar surface area (TPSA) is 20.3 Å². The quantitative estimate of drug-likeness (QED) is 0.814. The minimum Gasteiger partial charge on any atom is -0.339 e. The Labute approximate surface area is 124 Å². The number of amides is 1. The van der Waals surface area contributed by atoms with Crippen LogP contribution in [0.15, 0.2) is 41.8 Å². The van der Waals surface area contributed by atoms with E-state index in [1.165, 1.54) is 10.4 Å². The zero-order chi connectivity index (χ0) is 13.9. The molecular weight excluding hydrogens is 266 g/mol. The van der Waals surface area contributed by atoms with E-state index in [-0.39, 0.29) is 5.91 Å². The third-order valence-corrected chi connectivity index (χ3v) is 5.06. The van der Waals surface area contributed by atoms with Crippen LogP contribution in [0.1, 0.15) is 39.6 Å². The van der Waals surface area contributed by atoms with Gasteiger partial charge in [-0.05, 0) is 49.3 Å². The largest absolute Gasteiger partial charge is 0.339 e. The van der Waals surface area contributed by atoms with E-state index in [9.17, 15) is 4.79 Å². The minimum atomic E-state index is 0.176. The molecule has 2 heterocycles. The molecule has 0 radical (unpaired) electrons. The molecular formula is C17H19NOS. The molecule has 1 aliphatic rings. The van der Waals surface area contributed by atoms with Gasteiger partial charge in [-0.3, -0.25) is 4.79 Å². The maximum atomic E-state index is 12.4. The summed E-state index contributed by atoms with van der Waals surface area (Å²) in [5.74, 6) is 0.812. The Hall–Kier alpha value is -1.61. The smallest absolute Gasteiger partial charge is 0.253 e. The lowest BCUT2D eigenvalue weighted by molar-refractivity contribution is 0.0714. The molecule has 0 unspecified atom stereocenters. The molecule has 20 heavy (non-hydrogen) atoms. The number of thiophene rings is 1. The molecule has 0 saturated carbocycles. The SMILES string of the molecule is Cc1ccc(C(=O)N2CCC(c3cccs3)CC2)cc1. The van der Waals surface area contributed by atoms with Crippen LogP contribution in [-0.2, 0) is 0 Å². The number of piperidine rings is 1. The molecule has 3 rings (SSSR count). The van der Waals surface area contributed by atoms with Crippen molar-refractivity contribution in [3.8, 4) is 0 Å². The maximum Gasteiger partial charge on any atom is 0.253 e. The van der Waals surface area contributed by atoms with Crippen LogP contribution in [-0.4, -0.2) is 23.9 Å². The summed E-state index contributed by atoms with van der Waals surface area (Å²) in [4.78, 5) is 15.9. The van der Waals surface area contributed by atoms with Gasteiger partial charge in [0.15, 0.2) is 0 Å². The van der Waals surface area contributed by atoms with Crippen LogP contribution in [0.5, 0.6) is 0 Å². The van der Waals surface area contributed by atoms with Crippen LogP contribution in [0.3, 0.4) is 0 Å². The highest BCUT2D eigenvalue weighted by Crippen LogP contribution is 2.31. The van der Waals surface area contributed by atoms with Crippen LogP contribution in [0.2, 0.25) is 0 Å². The first-order valence-electron chi connectivity index (χ1n) is 7.13. The Morgan fingerprint density at radius 1 is 1.15 bits per heavy atom. The molecule has 3 heteroatoms. The Bertz CT molecular complexity index is 566. The number of aryl methyl sites for hydroxylation is 1. The monoisotopic (exact) mass is 285 g/mol.